The minimum Gasteiger partial charge on any atom is -0.465 e. The van der Waals surface area contributed by atoms with Crippen LogP contribution in [0.5, 0.6) is 0 Å². The van der Waals surface area contributed by atoms with Crippen LogP contribution in [0.2, 0.25) is 0 Å². The number of ether oxygens (including phenoxy) is 1. The molecule has 0 fully saturated rings. The summed E-state index contributed by atoms with van der Waals surface area (Å²) < 4.78 is 4.27. The van der Waals surface area contributed by atoms with E-state index in [9.17, 15) is 9.90 Å². The molecule has 2 unspecified atom stereocenters. The third-order valence-electron chi connectivity index (χ3n) is 1.93. The average Bonchev–Trinajstić information content (AvgIpc) is 2.28. The monoisotopic (exact) mass is 320 g/mol. The summed E-state index contributed by atoms with van der Waals surface area (Å²) in [5, 5.41) is 9.88. The second-order valence-electron chi connectivity index (χ2n) is 3.01. The van der Waals surface area contributed by atoms with Gasteiger partial charge >= 0.3 is 5.97 Å². The van der Waals surface area contributed by atoms with Gasteiger partial charge in [-0.1, -0.05) is 52.9 Å². The number of carbonyl (C=O) groups is 1. The van der Waals surface area contributed by atoms with Crippen molar-refractivity contribution in [1.29, 1.82) is 0 Å². The summed E-state index contributed by atoms with van der Waals surface area (Å²) in [5.74, 6) is -0.380. The van der Waals surface area contributed by atoms with Gasteiger partial charge in [0.05, 0.1) is 6.61 Å². The maximum absolute atomic E-state index is 11.4. The van der Waals surface area contributed by atoms with Gasteiger partial charge in [0.1, 0.15) is 10.0 Å². The fraction of sp³-hybridized carbons (Fsp3) is 0.364. The van der Waals surface area contributed by atoms with Crippen LogP contribution in [0.4, 0.5) is 0 Å². The molecule has 4 heteroatoms. The highest BCUT2D eigenvalue weighted by atomic mass is 127. The zero-order valence-electron chi connectivity index (χ0n) is 8.39. The number of alkyl halides is 1. The van der Waals surface area contributed by atoms with Crippen molar-refractivity contribution in [2.75, 3.05) is 6.61 Å². The van der Waals surface area contributed by atoms with Crippen molar-refractivity contribution in [2.24, 2.45) is 0 Å². The molecule has 3 nitrogen and oxygen atoms in total. The molecule has 1 rings (SSSR count). The molecule has 0 bridgehead atoms. The Morgan fingerprint density at radius 3 is 2.60 bits per heavy atom. The van der Waals surface area contributed by atoms with Crippen LogP contribution < -0.4 is 0 Å². The van der Waals surface area contributed by atoms with Crippen molar-refractivity contribution in [2.45, 2.75) is 17.0 Å². The number of benzene rings is 1. The highest BCUT2D eigenvalue weighted by Gasteiger charge is 2.25. The van der Waals surface area contributed by atoms with Crippen molar-refractivity contribution < 1.29 is 14.6 Å². The number of hydrogen-bond acceptors (Lipinski definition) is 3. The number of hydrogen-bond donors (Lipinski definition) is 1. The Morgan fingerprint density at radius 2 is 2.07 bits per heavy atom. The van der Waals surface area contributed by atoms with Gasteiger partial charge in [0.2, 0.25) is 0 Å². The lowest BCUT2D eigenvalue weighted by atomic mass is 10.1. The van der Waals surface area contributed by atoms with Crippen LogP contribution in [0, 0.1) is 0 Å². The molecule has 1 N–H and O–H groups in total. The molecule has 0 aliphatic carbocycles. The molecule has 15 heavy (non-hydrogen) atoms. The number of rotatable bonds is 4. The molecule has 0 radical (unpaired) electrons. The van der Waals surface area contributed by atoms with E-state index in [1.807, 2.05) is 40.8 Å². The smallest absolute Gasteiger partial charge is 0.321 e. The first-order valence-corrected chi connectivity index (χ1v) is 5.95. The summed E-state index contributed by atoms with van der Waals surface area (Å²) >= 11 is 1.90. The highest BCUT2D eigenvalue weighted by molar-refractivity contribution is 14.1. The zero-order valence-corrected chi connectivity index (χ0v) is 10.5. The Balaban J connectivity index is 2.68. The van der Waals surface area contributed by atoms with E-state index in [4.69, 9.17) is 4.74 Å². The first kappa shape index (κ1) is 12.4. The quantitative estimate of drug-likeness (QED) is 0.525. The summed E-state index contributed by atoms with van der Waals surface area (Å²) in [4.78, 5) is 11.4. The van der Waals surface area contributed by atoms with Gasteiger partial charge in [0.15, 0.2) is 0 Å². The molecule has 0 aromatic heterocycles. The molecule has 1 aromatic rings. The van der Waals surface area contributed by atoms with E-state index in [-0.39, 0.29) is 5.97 Å². The summed E-state index contributed by atoms with van der Waals surface area (Å²) in [6.45, 7) is 2.08. The van der Waals surface area contributed by atoms with Gasteiger partial charge in [0.25, 0.3) is 0 Å². The van der Waals surface area contributed by atoms with Crippen molar-refractivity contribution in [3.8, 4) is 0 Å². The largest absolute Gasteiger partial charge is 0.465 e. The molecule has 0 saturated heterocycles. The number of aliphatic hydroxyl groups excluding tert-OH is 1. The fourth-order valence-corrected chi connectivity index (χ4v) is 1.76. The first-order valence-electron chi connectivity index (χ1n) is 4.70. The topological polar surface area (TPSA) is 46.5 Å². The lowest BCUT2D eigenvalue weighted by Gasteiger charge is -2.16. The second-order valence-corrected chi connectivity index (χ2v) is 4.35. The Kier molecular flexibility index (Phi) is 5.04. The van der Waals surface area contributed by atoms with Crippen LogP contribution in [0.1, 0.15) is 18.6 Å². The molecule has 0 amide bonds. The SMILES string of the molecule is CCOC(=O)C(I)C(O)c1ccccc1. The molecule has 0 saturated carbocycles. The molecule has 1 aromatic carbocycles. The second kappa shape index (κ2) is 6.07. The minimum absolute atomic E-state index is 0.333. The van der Waals surface area contributed by atoms with Gasteiger partial charge in [-0.3, -0.25) is 4.79 Å². The molecule has 0 heterocycles. The van der Waals surface area contributed by atoms with E-state index in [0.29, 0.717) is 6.61 Å². The van der Waals surface area contributed by atoms with Crippen molar-refractivity contribution >= 4 is 28.6 Å². The standard InChI is InChI=1S/C11H13IO3/c1-2-15-11(14)9(12)10(13)8-6-4-3-5-7-8/h3-7,9-10,13H,2H2,1H3. The van der Waals surface area contributed by atoms with Gasteiger partial charge in [-0.05, 0) is 12.5 Å². The Morgan fingerprint density at radius 1 is 1.47 bits per heavy atom. The molecule has 0 spiro atoms. The number of esters is 1. The number of aliphatic hydroxyl groups is 1. The maximum Gasteiger partial charge on any atom is 0.321 e. The summed E-state index contributed by atoms with van der Waals surface area (Å²) in [7, 11) is 0. The zero-order chi connectivity index (χ0) is 11.3. The molecule has 0 aliphatic rings. The van der Waals surface area contributed by atoms with Crippen LogP contribution >= 0.6 is 22.6 Å². The molecule has 82 valence electrons. The third kappa shape index (κ3) is 3.46. The predicted molar refractivity (Wildman–Crippen MR) is 65.8 cm³/mol. The minimum atomic E-state index is -0.814. The highest BCUT2D eigenvalue weighted by Crippen LogP contribution is 2.23. The molecular formula is C11H13IO3. The Hall–Kier alpha value is -0.620. The summed E-state index contributed by atoms with van der Waals surface area (Å²) in [6.07, 6.45) is -0.814. The lowest BCUT2D eigenvalue weighted by Crippen LogP contribution is -2.24. The van der Waals surface area contributed by atoms with Gasteiger partial charge in [-0.2, -0.15) is 0 Å². The van der Waals surface area contributed by atoms with E-state index in [0.717, 1.165) is 5.56 Å². The lowest BCUT2D eigenvalue weighted by molar-refractivity contribution is -0.144. The van der Waals surface area contributed by atoms with E-state index in [2.05, 4.69) is 0 Å². The number of halogens is 1. The third-order valence-corrected chi connectivity index (χ3v) is 3.12. The van der Waals surface area contributed by atoms with Gasteiger partial charge in [-0.15, -0.1) is 0 Å². The van der Waals surface area contributed by atoms with Gasteiger partial charge in [-0.25, -0.2) is 0 Å². The summed E-state index contributed by atoms with van der Waals surface area (Å²) in [5.41, 5.74) is 0.727. The van der Waals surface area contributed by atoms with Crippen molar-refractivity contribution in [1.82, 2.24) is 0 Å². The first-order chi connectivity index (χ1) is 7.16. The van der Waals surface area contributed by atoms with E-state index in [1.165, 1.54) is 0 Å². The van der Waals surface area contributed by atoms with Crippen LogP contribution in [0.3, 0.4) is 0 Å². The van der Waals surface area contributed by atoms with Gasteiger partial charge in [0, 0.05) is 0 Å². The van der Waals surface area contributed by atoms with E-state index < -0.39 is 10.0 Å². The normalized spacial score (nSPS) is 14.3. The van der Waals surface area contributed by atoms with Crippen molar-refractivity contribution in [3.63, 3.8) is 0 Å². The van der Waals surface area contributed by atoms with Crippen LogP contribution in [0.25, 0.3) is 0 Å². The maximum atomic E-state index is 11.4. The summed E-state index contributed by atoms with van der Waals surface area (Å²) in [6, 6.07) is 9.09. The molecule has 0 aliphatic heterocycles. The number of carbonyl (C=O) groups excluding carboxylic acids is 1. The van der Waals surface area contributed by atoms with Crippen molar-refractivity contribution in [3.05, 3.63) is 35.9 Å². The Bertz CT molecular complexity index is 313. The van der Waals surface area contributed by atoms with Crippen LogP contribution in [0.15, 0.2) is 30.3 Å². The average molecular weight is 320 g/mol. The fourth-order valence-electron chi connectivity index (χ4n) is 1.17. The predicted octanol–water partition coefficient (Wildman–Crippen LogP) is 2.09. The van der Waals surface area contributed by atoms with Gasteiger partial charge < -0.3 is 9.84 Å². The molecule has 2 atom stereocenters. The van der Waals surface area contributed by atoms with Crippen LogP contribution in [-0.2, 0) is 9.53 Å². The Labute approximate surface area is 103 Å². The molecular weight excluding hydrogens is 307 g/mol. The van der Waals surface area contributed by atoms with E-state index in [1.54, 1.807) is 19.1 Å². The van der Waals surface area contributed by atoms with E-state index >= 15 is 0 Å². The van der Waals surface area contributed by atoms with Crippen LogP contribution in [-0.4, -0.2) is 21.6 Å².